The van der Waals surface area contributed by atoms with E-state index in [1.165, 1.54) is 11.3 Å². The van der Waals surface area contributed by atoms with Crippen LogP contribution in [-0.4, -0.2) is 41.2 Å². The van der Waals surface area contributed by atoms with Gasteiger partial charge >= 0.3 is 0 Å². The number of ether oxygens (including phenoxy) is 1. The van der Waals surface area contributed by atoms with Gasteiger partial charge in [-0.1, -0.05) is 45.0 Å². The van der Waals surface area contributed by atoms with E-state index >= 15 is 0 Å². The van der Waals surface area contributed by atoms with Crippen LogP contribution in [0.15, 0.2) is 48.5 Å². The zero-order valence-corrected chi connectivity index (χ0v) is 21.3. The van der Waals surface area contributed by atoms with Gasteiger partial charge in [0.2, 0.25) is 5.91 Å². The van der Waals surface area contributed by atoms with Gasteiger partial charge in [0, 0.05) is 24.3 Å². The number of hydrogen-bond acceptors (Lipinski definition) is 4. The fourth-order valence-electron chi connectivity index (χ4n) is 5.81. The van der Waals surface area contributed by atoms with Crippen molar-refractivity contribution in [3.63, 3.8) is 0 Å². The van der Waals surface area contributed by atoms with E-state index in [4.69, 9.17) is 9.72 Å². The molecule has 2 fully saturated rings. The standard InChI is InChI=1S/C29H38N4O2/c1-18(2)15-21-9-11-23(12-10-21)33-20(4)19(3)24(29(34)30-22-13-14-35-17-22)16-27(33)28-31-25-7-5-6-8-26(25)32-28/h5-12,18-20,22,24,27H,13-17H2,1-4H3,(H,30,34)(H,31,32). The number of H-pyrrole nitrogens is 1. The van der Waals surface area contributed by atoms with Gasteiger partial charge in [0.1, 0.15) is 5.82 Å². The molecule has 2 N–H and O–H groups in total. The minimum Gasteiger partial charge on any atom is -0.379 e. The molecule has 2 saturated heterocycles. The van der Waals surface area contributed by atoms with Gasteiger partial charge in [-0.15, -0.1) is 0 Å². The van der Waals surface area contributed by atoms with E-state index in [9.17, 15) is 4.79 Å². The van der Waals surface area contributed by atoms with Crippen molar-refractivity contribution in [1.82, 2.24) is 15.3 Å². The molecule has 0 aliphatic carbocycles. The van der Waals surface area contributed by atoms with Gasteiger partial charge in [-0.3, -0.25) is 4.79 Å². The molecule has 35 heavy (non-hydrogen) atoms. The molecule has 0 spiro atoms. The SMILES string of the molecule is CC(C)Cc1ccc(N2C(c3nc4ccccc4[nH]3)CC(C(=O)NC3CCOC3)C(C)C2C)cc1. The highest BCUT2D eigenvalue weighted by Gasteiger charge is 2.44. The molecule has 2 aliphatic heterocycles. The van der Waals surface area contributed by atoms with Crippen LogP contribution >= 0.6 is 0 Å². The summed E-state index contributed by atoms with van der Waals surface area (Å²) in [6.07, 6.45) is 2.69. The van der Waals surface area contributed by atoms with Gasteiger partial charge in [0.15, 0.2) is 0 Å². The van der Waals surface area contributed by atoms with Crippen LogP contribution in [0.2, 0.25) is 0 Å². The summed E-state index contributed by atoms with van der Waals surface area (Å²) in [7, 11) is 0. The van der Waals surface area contributed by atoms with E-state index in [1.54, 1.807) is 0 Å². The second-order valence-electron chi connectivity index (χ2n) is 10.8. The Kier molecular flexibility index (Phi) is 6.83. The Morgan fingerprint density at radius 2 is 1.94 bits per heavy atom. The first-order valence-corrected chi connectivity index (χ1v) is 13.1. The number of hydrogen-bond donors (Lipinski definition) is 2. The van der Waals surface area contributed by atoms with Crippen molar-refractivity contribution in [2.45, 2.75) is 65.1 Å². The van der Waals surface area contributed by atoms with Gasteiger partial charge < -0.3 is 19.9 Å². The van der Waals surface area contributed by atoms with Crippen molar-refractivity contribution < 1.29 is 9.53 Å². The van der Waals surface area contributed by atoms with Crippen molar-refractivity contribution in [3.05, 3.63) is 59.9 Å². The van der Waals surface area contributed by atoms with Crippen molar-refractivity contribution >= 4 is 22.6 Å². The maximum Gasteiger partial charge on any atom is 0.223 e. The number of carbonyl (C=O) groups excluding carboxylic acids is 1. The molecular formula is C29H38N4O2. The summed E-state index contributed by atoms with van der Waals surface area (Å²) in [5.41, 5.74) is 4.54. The van der Waals surface area contributed by atoms with Crippen molar-refractivity contribution in [3.8, 4) is 0 Å². The Morgan fingerprint density at radius 1 is 1.17 bits per heavy atom. The molecule has 6 heteroatoms. The summed E-state index contributed by atoms with van der Waals surface area (Å²) in [5.74, 6) is 1.82. The van der Waals surface area contributed by atoms with Gasteiger partial charge in [-0.2, -0.15) is 0 Å². The van der Waals surface area contributed by atoms with E-state index < -0.39 is 0 Å². The molecule has 6 nitrogen and oxygen atoms in total. The first-order valence-electron chi connectivity index (χ1n) is 13.1. The number of imidazole rings is 1. The van der Waals surface area contributed by atoms with Crippen LogP contribution in [0.3, 0.4) is 0 Å². The van der Waals surface area contributed by atoms with E-state index in [0.29, 0.717) is 12.5 Å². The minimum atomic E-state index is -0.0831. The molecule has 3 heterocycles. The van der Waals surface area contributed by atoms with Crippen LogP contribution < -0.4 is 10.2 Å². The Morgan fingerprint density at radius 3 is 2.63 bits per heavy atom. The monoisotopic (exact) mass is 474 g/mol. The maximum atomic E-state index is 13.4. The number of nitrogens with zero attached hydrogens (tertiary/aromatic N) is 2. The topological polar surface area (TPSA) is 70.2 Å². The van der Waals surface area contributed by atoms with Crippen molar-refractivity contribution in [1.29, 1.82) is 0 Å². The zero-order chi connectivity index (χ0) is 24.5. The molecule has 3 aromatic rings. The van der Waals surface area contributed by atoms with Gasteiger partial charge in [0.05, 0.1) is 29.7 Å². The predicted octanol–water partition coefficient (Wildman–Crippen LogP) is 5.26. The Labute approximate surface area is 208 Å². The molecule has 186 valence electrons. The van der Waals surface area contributed by atoms with Gasteiger partial charge in [0.25, 0.3) is 0 Å². The lowest BCUT2D eigenvalue weighted by molar-refractivity contribution is -0.128. The van der Waals surface area contributed by atoms with Crippen LogP contribution in [0.4, 0.5) is 5.69 Å². The molecule has 0 saturated carbocycles. The van der Waals surface area contributed by atoms with Crippen LogP contribution in [0, 0.1) is 17.8 Å². The number of anilines is 1. The summed E-state index contributed by atoms with van der Waals surface area (Å²) in [5, 5.41) is 3.27. The summed E-state index contributed by atoms with van der Waals surface area (Å²) >= 11 is 0. The second-order valence-corrected chi connectivity index (χ2v) is 10.8. The van der Waals surface area contributed by atoms with Gasteiger partial charge in [-0.25, -0.2) is 4.98 Å². The number of nitrogens with one attached hydrogen (secondary N) is 2. The number of para-hydroxylation sites is 2. The van der Waals surface area contributed by atoms with Gasteiger partial charge in [-0.05, 0) is 67.9 Å². The lowest BCUT2D eigenvalue weighted by Crippen LogP contribution is -2.53. The van der Waals surface area contributed by atoms with Crippen molar-refractivity contribution in [2.24, 2.45) is 17.8 Å². The molecule has 5 atom stereocenters. The first kappa shape index (κ1) is 23.9. The second kappa shape index (κ2) is 10.0. The number of piperidine rings is 1. The molecule has 0 radical (unpaired) electrons. The lowest BCUT2D eigenvalue weighted by atomic mass is 9.76. The molecule has 1 aromatic heterocycles. The molecule has 5 rings (SSSR count). The highest BCUT2D eigenvalue weighted by Crippen LogP contribution is 2.43. The van der Waals surface area contributed by atoms with Crippen LogP contribution in [0.25, 0.3) is 11.0 Å². The van der Waals surface area contributed by atoms with E-state index in [0.717, 1.165) is 42.7 Å². The average Bonchev–Trinajstić information content (AvgIpc) is 3.50. The van der Waals surface area contributed by atoms with Crippen molar-refractivity contribution in [2.75, 3.05) is 18.1 Å². The normalized spacial score (nSPS) is 27.0. The third kappa shape index (κ3) is 4.94. The smallest absolute Gasteiger partial charge is 0.223 e. The average molecular weight is 475 g/mol. The Hall–Kier alpha value is -2.86. The van der Waals surface area contributed by atoms with Crippen LogP contribution in [0.5, 0.6) is 0 Å². The number of rotatable bonds is 6. The van der Waals surface area contributed by atoms with Crippen LogP contribution in [-0.2, 0) is 16.0 Å². The predicted molar refractivity (Wildman–Crippen MR) is 140 cm³/mol. The number of aromatic nitrogens is 2. The molecule has 1 amide bonds. The third-order valence-corrected chi connectivity index (χ3v) is 7.86. The first-order chi connectivity index (χ1) is 16.9. The van der Waals surface area contributed by atoms with E-state index in [2.05, 4.69) is 73.2 Å². The number of carbonyl (C=O) groups is 1. The number of fused-ring (bicyclic) bond motifs is 1. The Bertz CT molecular complexity index is 1120. The zero-order valence-electron chi connectivity index (χ0n) is 21.3. The molecule has 0 bridgehead atoms. The fourth-order valence-corrected chi connectivity index (χ4v) is 5.81. The Balaban J connectivity index is 1.48. The number of benzene rings is 2. The molecular weight excluding hydrogens is 436 g/mol. The highest BCUT2D eigenvalue weighted by molar-refractivity contribution is 5.80. The summed E-state index contributed by atoms with van der Waals surface area (Å²) in [4.78, 5) is 24.5. The maximum absolute atomic E-state index is 13.4. The summed E-state index contributed by atoms with van der Waals surface area (Å²) in [6.45, 7) is 10.3. The largest absolute Gasteiger partial charge is 0.379 e. The van der Waals surface area contributed by atoms with Crippen LogP contribution in [0.1, 0.15) is 58.0 Å². The fraction of sp³-hybridized carbons (Fsp3) is 0.517. The quantitative estimate of drug-likeness (QED) is 0.511. The number of amides is 1. The van der Waals surface area contributed by atoms with E-state index in [1.807, 2.05) is 18.2 Å². The number of aromatic amines is 1. The molecule has 2 aromatic carbocycles. The summed E-state index contributed by atoms with van der Waals surface area (Å²) < 4.78 is 5.49. The third-order valence-electron chi connectivity index (χ3n) is 7.86. The minimum absolute atomic E-state index is 0.0138. The summed E-state index contributed by atoms with van der Waals surface area (Å²) in [6, 6.07) is 17.4. The molecule has 2 aliphatic rings. The lowest BCUT2D eigenvalue weighted by Gasteiger charge is -2.48. The highest BCUT2D eigenvalue weighted by atomic mass is 16.5. The molecule has 5 unspecified atom stereocenters. The van der Waals surface area contributed by atoms with E-state index in [-0.39, 0.29) is 35.9 Å².